The first-order chi connectivity index (χ1) is 14.3. The maximum Gasteiger partial charge on any atom is 0.357 e. The number of hydrogen-bond donors (Lipinski definition) is 1. The first-order valence-corrected chi connectivity index (χ1v) is 11.0. The molecule has 0 spiro atoms. The second-order valence-electron chi connectivity index (χ2n) is 9.13. The SMILES string of the molecule is CCOC(=O)c1c(NC(=O)C23C[C@H]4C[C@@H](CC(Cl)(C4)C2)C3)c(C#N)cn1CCOC. The molecule has 162 valence electrons. The lowest BCUT2D eigenvalue weighted by atomic mass is 9.49. The molecule has 1 amide bonds. The van der Waals surface area contributed by atoms with Gasteiger partial charge in [-0.05, 0) is 57.3 Å². The maximum atomic E-state index is 13.6. The van der Waals surface area contributed by atoms with Crippen LogP contribution in [0.2, 0.25) is 0 Å². The Balaban J connectivity index is 1.67. The average Bonchev–Trinajstić information content (AvgIpc) is 3.02. The third kappa shape index (κ3) is 3.61. The van der Waals surface area contributed by atoms with Gasteiger partial charge >= 0.3 is 5.97 Å². The fraction of sp³-hybridized carbons (Fsp3) is 0.682. The minimum absolute atomic E-state index is 0.131. The van der Waals surface area contributed by atoms with Gasteiger partial charge in [-0.2, -0.15) is 5.26 Å². The first kappa shape index (κ1) is 21.2. The van der Waals surface area contributed by atoms with Crippen LogP contribution in [0.15, 0.2) is 6.20 Å². The van der Waals surface area contributed by atoms with Crippen LogP contribution in [0.3, 0.4) is 0 Å². The van der Waals surface area contributed by atoms with Crippen molar-refractivity contribution in [2.75, 3.05) is 25.6 Å². The molecule has 4 fully saturated rings. The second kappa shape index (κ2) is 7.90. The van der Waals surface area contributed by atoms with Crippen molar-refractivity contribution in [1.82, 2.24) is 4.57 Å². The number of nitriles is 1. The highest BCUT2D eigenvalue weighted by Gasteiger charge is 2.60. The predicted octanol–water partition coefficient (Wildman–Crippen LogP) is 3.70. The number of methoxy groups -OCH3 is 1. The second-order valence-corrected chi connectivity index (χ2v) is 9.93. The van der Waals surface area contributed by atoms with Gasteiger partial charge in [0.1, 0.15) is 6.07 Å². The molecule has 1 aromatic heterocycles. The molecule has 0 aliphatic heterocycles. The Labute approximate surface area is 181 Å². The van der Waals surface area contributed by atoms with Crippen LogP contribution in [-0.4, -0.2) is 41.6 Å². The monoisotopic (exact) mass is 433 g/mol. The Morgan fingerprint density at radius 1 is 1.33 bits per heavy atom. The number of carbonyl (C=O) groups excluding carboxylic acids is 2. The summed E-state index contributed by atoms with van der Waals surface area (Å²) in [5.74, 6) is 0.249. The molecule has 7 nitrogen and oxygen atoms in total. The van der Waals surface area contributed by atoms with Gasteiger partial charge in [-0.1, -0.05) is 0 Å². The summed E-state index contributed by atoms with van der Waals surface area (Å²) in [6.45, 7) is 2.65. The quantitative estimate of drug-likeness (QED) is 0.522. The number of halogens is 1. The molecule has 1 aromatic rings. The standard InChI is InChI=1S/C22H28ClN3O4/c1-3-30-19(27)18-17(16(11-24)12-26(18)4-5-29-2)25-20(28)21-7-14-6-15(8-21)10-22(23,9-14)13-21/h12,14-15H,3-10,13H2,1-2H3,(H,25,28)/t14-,15-,21?,22?/m1/s1. The third-order valence-corrected chi connectivity index (χ3v) is 7.36. The Morgan fingerprint density at radius 2 is 2.03 bits per heavy atom. The van der Waals surface area contributed by atoms with Gasteiger partial charge in [0.05, 0.1) is 29.9 Å². The van der Waals surface area contributed by atoms with E-state index >= 15 is 0 Å². The molecule has 4 aliphatic carbocycles. The molecule has 0 unspecified atom stereocenters. The number of rotatable bonds is 7. The van der Waals surface area contributed by atoms with Gasteiger partial charge in [0.15, 0.2) is 5.69 Å². The molecule has 0 aromatic carbocycles. The number of alkyl halides is 1. The highest BCUT2D eigenvalue weighted by molar-refractivity contribution is 6.24. The number of aromatic nitrogens is 1. The van der Waals surface area contributed by atoms with Crippen molar-refractivity contribution >= 4 is 29.2 Å². The van der Waals surface area contributed by atoms with E-state index in [1.807, 2.05) is 0 Å². The van der Waals surface area contributed by atoms with E-state index in [1.54, 1.807) is 24.8 Å². The first-order valence-electron chi connectivity index (χ1n) is 10.6. The summed E-state index contributed by atoms with van der Waals surface area (Å²) in [7, 11) is 1.57. The van der Waals surface area contributed by atoms with Crippen molar-refractivity contribution in [1.29, 1.82) is 5.26 Å². The van der Waals surface area contributed by atoms with Crippen LogP contribution < -0.4 is 5.32 Å². The summed E-state index contributed by atoms with van der Waals surface area (Å²) in [4.78, 5) is 26.0. The molecular formula is C22H28ClN3O4. The van der Waals surface area contributed by atoms with Crippen molar-refractivity contribution in [2.45, 2.75) is 56.9 Å². The molecule has 0 saturated heterocycles. The topological polar surface area (TPSA) is 93.4 Å². The minimum Gasteiger partial charge on any atom is -0.461 e. The van der Waals surface area contributed by atoms with Gasteiger partial charge in [0.25, 0.3) is 0 Å². The van der Waals surface area contributed by atoms with Crippen molar-refractivity contribution < 1.29 is 19.1 Å². The normalized spacial score (nSPS) is 31.4. The molecule has 8 heteroatoms. The van der Waals surface area contributed by atoms with Crippen LogP contribution >= 0.6 is 11.6 Å². The maximum absolute atomic E-state index is 13.6. The van der Waals surface area contributed by atoms with Gasteiger partial charge in [0, 0.05) is 24.7 Å². The van der Waals surface area contributed by atoms with Crippen LogP contribution in [0.5, 0.6) is 0 Å². The number of anilines is 1. The minimum atomic E-state index is -0.565. The highest BCUT2D eigenvalue weighted by atomic mass is 35.5. The molecule has 5 rings (SSSR count). The largest absolute Gasteiger partial charge is 0.461 e. The summed E-state index contributed by atoms with van der Waals surface area (Å²) in [6.07, 6.45) is 6.98. The molecule has 0 radical (unpaired) electrons. The number of carbonyl (C=O) groups is 2. The number of hydrogen-bond acceptors (Lipinski definition) is 5. The van der Waals surface area contributed by atoms with Gasteiger partial charge in [-0.15, -0.1) is 11.6 Å². The lowest BCUT2D eigenvalue weighted by Crippen LogP contribution is -2.57. The Hall–Kier alpha value is -2.04. The molecular weight excluding hydrogens is 406 g/mol. The zero-order valence-electron chi connectivity index (χ0n) is 17.5. The molecule has 4 aliphatic rings. The van der Waals surface area contributed by atoms with Crippen LogP contribution in [-0.2, 0) is 20.8 Å². The van der Waals surface area contributed by atoms with Crippen LogP contribution in [0.25, 0.3) is 0 Å². The number of nitrogens with one attached hydrogen (secondary N) is 1. The van der Waals surface area contributed by atoms with Crippen molar-refractivity contribution in [2.24, 2.45) is 17.3 Å². The van der Waals surface area contributed by atoms with Gasteiger partial charge < -0.3 is 19.4 Å². The molecule has 30 heavy (non-hydrogen) atoms. The lowest BCUT2D eigenvalue weighted by Gasteiger charge is -2.59. The van der Waals surface area contributed by atoms with Crippen LogP contribution in [0, 0.1) is 28.6 Å². The summed E-state index contributed by atoms with van der Waals surface area (Å²) < 4.78 is 12.0. The molecule has 4 saturated carbocycles. The fourth-order valence-electron chi connectivity index (χ4n) is 6.21. The predicted molar refractivity (Wildman–Crippen MR) is 111 cm³/mol. The van der Waals surface area contributed by atoms with Gasteiger partial charge in [-0.25, -0.2) is 4.79 Å². The summed E-state index contributed by atoms with van der Waals surface area (Å²) >= 11 is 6.89. The molecule has 2 atom stereocenters. The number of nitrogens with zero attached hydrogens (tertiary/aromatic N) is 2. The lowest BCUT2D eigenvalue weighted by molar-refractivity contribution is -0.138. The van der Waals surface area contributed by atoms with E-state index in [4.69, 9.17) is 21.1 Å². The highest BCUT2D eigenvalue weighted by Crippen LogP contribution is 2.64. The smallest absolute Gasteiger partial charge is 0.357 e. The fourth-order valence-corrected chi connectivity index (χ4v) is 6.91. The van der Waals surface area contributed by atoms with Crippen LogP contribution in [0.1, 0.15) is 61.5 Å². The van der Waals surface area contributed by atoms with E-state index in [0.29, 0.717) is 31.4 Å². The van der Waals surface area contributed by atoms with E-state index in [1.165, 1.54) is 0 Å². The summed E-state index contributed by atoms with van der Waals surface area (Å²) in [6, 6.07) is 2.11. The van der Waals surface area contributed by atoms with E-state index in [2.05, 4.69) is 11.4 Å². The average molecular weight is 434 g/mol. The van der Waals surface area contributed by atoms with Gasteiger partial charge in [0.2, 0.25) is 5.91 Å². The third-order valence-electron chi connectivity index (χ3n) is 6.91. The summed E-state index contributed by atoms with van der Waals surface area (Å²) in [5, 5.41) is 12.6. The zero-order chi connectivity index (χ0) is 21.5. The summed E-state index contributed by atoms with van der Waals surface area (Å²) in [5.41, 5.74) is 0.132. The van der Waals surface area contributed by atoms with Crippen molar-refractivity contribution in [3.63, 3.8) is 0 Å². The van der Waals surface area contributed by atoms with E-state index in [0.717, 1.165) is 32.1 Å². The number of esters is 1. The molecule has 1 heterocycles. The molecule has 4 bridgehead atoms. The van der Waals surface area contributed by atoms with Crippen LogP contribution in [0.4, 0.5) is 5.69 Å². The van der Waals surface area contributed by atoms with Crippen molar-refractivity contribution in [3.05, 3.63) is 17.5 Å². The number of amides is 1. The molecule has 1 N–H and O–H groups in total. The van der Waals surface area contributed by atoms with E-state index < -0.39 is 11.4 Å². The van der Waals surface area contributed by atoms with Gasteiger partial charge in [-0.3, -0.25) is 4.79 Å². The number of ether oxygens (including phenoxy) is 2. The van der Waals surface area contributed by atoms with Crippen molar-refractivity contribution in [3.8, 4) is 6.07 Å². The Kier molecular flexibility index (Phi) is 5.58. The Morgan fingerprint density at radius 3 is 2.60 bits per heavy atom. The Bertz CT molecular complexity index is 889. The van der Waals surface area contributed by atoms with E-state index in [-0.39, 0.29) is 34.3 Å². The zero-order valence-corrected chi connectivity index (χ0v) is 18.3. The van der Waals surface area contributed by atoms with E-state index in [9.17, 15) is 14.9 Å².